The molecule has 0 aromatic heterocycles. The molecule has 0 bridgehead atoms. The van der Waals surface area contributed by atoms with Gasteiger partial charge in [-0.15, -0.1) is 0 Å². The van der Waals surface area contributed by atoms with E-state index >= 15 is 0 Å². The first kappa shape index (κ1) is 12.3. The Balaban J connectivity index is 0.00000144. The molecular weight excluding hydrogens is 183 g/mol. The quantitative estimate of drug-likeness (QED) is 0.456. The van der Waals surface area contributed by atoms with Crippen LogP contribution in [0.1, 0.15) is 15.9 Å². The predicted molar refractivity (Wildman–Crippen MR) is 38.8 cm³/mol. The van der Waals surface area contributed by atoms with Crippen molar-refractivity contribution in [3.05, 3.63) is 23.3 Å². The number of benzene rings is 1. The Morgan fingerprint density at radius 2 is 1.69 bits per heavy atom. The van der Waals surface area contributed by atoms with E-state index in [1.54, 1.807) is 6.92 Å². The van der Waals surface area contributed by atoms with E-state index in [0.717, 1.165) is 0 Å². The van der Waals surface area contributed by atoms with Gasteiger partial charge in [-0.3, -0.25) is 0 Å². The molecule has 0 radical (unpaired) electrons. The van der Waals surface area contributed by atoms with Crippen LogP contribution in [0.4, 0.5) is 0 Å². The Bertz CT molecular complexity index is 312. The minimum atomic E-state index is -1.59. The second kappa shape index (κ2) is 4.50. The van der Waals surface area contributed by atoms with Crippen molar-refractivity contribution >= 4 is 5.97 Å². The van der Waals surface area contributed by atoms with Crippen LogP contribution in [0.2, 0.25) is 0 Å². The van der Waals surface area contributed by atoms with Crippen molar-refractivity contribution < 1.29 is 49.7 Å². The van der Waals surface area contributed by atoms with E-state index in [1.807, 2.05) is 0 Å². The van der Waals surface area contributed by atoms with Gasteiger partial charge in [0.25, 0.3) is 0 Å². The molecule has 2 N–H and O–H groups in total. The van der Waals surface area contributed by atoms with Crippen LogP contribution in [0.5, 0.6) is 11.5 Å². The molecule has 64 valence electrons. The molecule has 0 spiro atoms. The fraction of sp³-hybridized carbons (Fsp3) is 0.125. The van der Waals surface area contributed by atoms with Crippen LogP contribution in [0, 0.1) is 6.92 Å². The van der Waals surface area contributed by atoms with Gasteiger partial charge in [-0.1, -0.05) is 0 Å². The molecule has 1 rings (SSSR count). The number of aryl methyl sites for hydroxylation is 1. The largest absolute Gasteiger partial charge is 1.00 e. The Kier molecular flexibility index (Phi) is 4.26. The van der Waals surface area contributed by atoms with Crippen LogP contribution in [-0.4, -0.2) is 16.2 Å². The monoisotopic (exact) mass is 190 g/mol. The molecule has 0 aliphatic rings. The zero-order chi connectivity index (χ0) is 9.30. The summed E-state index contributed by atoms with van der Waals surface area (Å²) in [4.78, 5) is 10.3. The topological polar surface area (TPSA) is 80.6 Å². The second-order valence-corrected chi connectivity index (χ2v) is 2.47. The molecule has 0 heterocycles. The standard InChI is InChI=1S/C8H8O4.Na/c1-4-2-5(9)7(8(11)12)6(10)3-4;/h2-3,9-10H,1H3,(H,11,12);/q;+1/p-1. The fourth-order valence-electron chi connectivity index (χ4n) is 0.958. The Hall–Kier alpha value is -0.710. The summed E-state index contributed by atoms with van der Waals surface area (Å²) in [6.45, 7) is 1.62. The normalized spacial score (nSPS) is 9.00. The summed E-state index contributed by atoms with van der Waals surface area (Å²) in [5.74, 6) is -2.55. The third kappa shape index (κ3) is 2.62. The van der Waals surface area contributed by atoms with Crippen LogP contribution in [0.15, 0.2) is 12.1 Å². The average molecular weight is 190 g/mol. The number of carbonyl (C=O) groups is 1. The van der Waals surface area contributed by atoms with Crippen LogP contribution in [-0.2, 0) is 0 Å². The van der Waals surface area contributed by atoms with Crippen molar-refractivity contribution in [2.45, 2.75) is 6.92 Å². The average Bonchev–Trinajstić information content (AvgIpc) is 1.82. The predicted octanol–water partition coefficient (Wildman–Crippen LogP) is -3.23. The summed E-state index contributed by atoms with van der Waals surface area (Å²) in [6.07, 6.45) is 0. The number of phenols is 2. The van der Waals surface area contributed by atoms with Crippen LogP contribution >= 0.6 is 0 Å². The molecular formula is C8H7NaO4. The molecule has 0 fully saturated rings. The van der Waals surface area contributed by atoms with Gasteiger partial charge >= 0.3 is 29.6 Å². The molecule has 0 amide bonds. The van der Waals surface area contributed by atoms with Gasteiger partial charge in [0.05, 0.1) is 11.5 Å². The van der Waals surface area contributed by atoms with Crippen molar-refractivity contribution in [1.29, 1.82) is 0 Å². The third-order valence-electron chi connectivity index (χ3n) is 1.45. The Morgan fingerprint density at radius 3 is 2.00 bits per heavy atom. The van der Waals surface area contributed by atoms with Crippen LogP contribution in [0.3, 0.4) is 0 Å². The Morgan fingerprint density at radius 1 is 1.31 bits per heavy atom. The number of aromatic carboxylic acids is 1. The first-order chi connectivity index (χ1) is 5.52. The van der Waals surface area contributed by atoms with Gasteiger partial charge in [0, 0.05) is 0 Å². The van der Waals surface area contributed by atoms with E-state index in [-0.39, 0.29) is 29.6 Å². The van der Waals surface area contributed by atoms with E-state index in [2.05, 4.69) is 0 Å². The summed E-state index contributed by atoms with van der Waals surface area (Å²) in [6, 6.07) is 2.48. The number of carboxylic acids is 1. The molecule has 1 aromatic carbocycles. The van der Waals surface area contributed by atoms with Crippen molar-refractivity contribution in [3.8, 4) is 11.5 Å². The van der Waals surface area contributed by atoms with Gasteiger partial charge in [-0.2, -0.15) is 0 Å². The first-order valence-electron chi connectivity index (χ1n) is 3.26. The van der Waals surface area contributed by atoms with Gasteiger partial charge in [0.15, 0.2) is 0 Å². The minimum absolute atomic E-state index is 0. The van der Waals surface area contributed by atoms with Crippen molar-refractivity contribution in [2.75, 3.05) is 0 Å². The van der Waals surface area contributed by atoms with E-state index < -0.39 is 23.0 Å². The second-order valence-electron chi connectivity index (χ2n) is 2.47. The summed E-state index contributed by atoms with van der Waals surface area (Å²) in [5, 5.41) is 28.4. The Labute approximate surface area is 97.1 Å². The smallest absolute Gasteiger partial charge is 0.545 e. The number of aromatic hydroxyl groups is 2. The zero-order valence-corrected chi connectivity index (χ0v) is 9.37. The molecule has 0 atom stereocenters. The maximum absolute atomic E-state index is 10.3. The van der Waals surface area contributed by atoms with Gasteiger partial charge in [0.2, 0.25) is 0 Å². The van der Waals surface area contributed by atoms with E-state index in [1.165, 1.54) is 12.1 Å². The van der Waals surface area contributed by atoms with Crippen LogP contribution in [0.25, 0.3) is 0 Å². The van der Waals surface area contributed by atoms with E-state index in [9.17, 15) is 9.90 Å². The molecule has 0 aliphatic heterocycles. The van der Waals surface area contributed by atoms with E-state index in [0.29, 0.717) is 5.56 Å². The molecule has 0 aliphatic carbocycles. The number of rotatable bonds is 1. The fourth-order valence-corrected chi connectivity index (χ4v) is 0.958. The molecule has 0 saturated carbocycles. The maximum Gasteiger partial charge on any atom is 1.00 e. The molecule has 0 unspecified atom stereocenters. The van der Waals surface area contributed by atoms with Crippen molar-refractivity contribution in [2.24, 2.45) is 0 Å². The van der Waals surface area contributed by atoms with Crippen molar-refractivity contribution in [3.63, 3.8) is 0 Å². The summed E-state index contributed by atoms with van der Waals surface area (Å²) in [5.41, 5.74) is 0.00981. The summed E-state index contributed by atoms with van der Waals surface area (Å²) < 4.78 is 0. The number of hydrogen-bond donors (Lipinski definition) is 2. The van der Waals surface area contributed by atoms with Gasteiger partial charge in [-0.25, -0.2) is 0 Å². The molecule has 5 heteroatoms. The molecule has 1 aromatic rings. The molecule has 4 nitrogen and oxygen atoms in total. The number of carbonyl (C=O) groups excluding carboxylic acids is 1. The summed E-state index contributed by atoms with van der Waals surface area (Å²) >= 11 is 0. The zero-order valence-electron chi connectivity index (χ0n) is 7.37. The number of hydrogen-bond acceptors (Lipinski definition) is 4. The minimum Gasteiger partial charge on any atom is -0.545 e. The van der Waals surface area contributed by atoms with Gasteiger partial charge in [-0.05, 0) is 24.6 Å². The van der Waals surface area contributed by atoms with Gasteiger partial charge in [0.1, 0.15) is 11.5 Å². The molecule has 13 heavy (non-hydrogen) atoms. The SMILES string of the molecule is Cc1cc(O)c(C(=O)[O-])c(O)c1.[Na+]. The van der Waals surface area contributed by atoms with Crippen molar-refractivity contribution in [1.82, 2.24) is 0 Å². The van der Waals surface area contributed by atoms with E-state index in [4.69, 9.17) is 10.2 Å². The molecule has 0 saturated heterocycles. The number of carboxylic acid groups (broad SMARTS) is 1. The third-order valence-corrected chi connectivity index (χ3v) is 1.45. The maximum atomic E-state index is 10.3. The van der Waals surface area contributed by atoms with Gasteiger partial charge < -0.3 is 20.1 Å². The van der Waals surface area contributed by atoms with Crippen LogP contribution < -0.4 is 34.7 Å². The first-order valence-corrected chi connectivity index (χ1v) is 3.26. The summed E-state index contributed by atoms with van der Waals surface area (Å²) in [7, 11) is 0.